The fourth-order valence-electron chi connectivity index (χ4n) is 5.85. The van der Waals surface area contributed by atoms with Gasteiger partial charge in [-0.1, -0.05) is 12.1 Å². The highest BCUT2D eigenvalue weighted by Crippen LogP contribution is 2.31. The molecule has 0 aliphatic carbocycles. The van der Waals surface area contributed by atoms with Crippen molar-refractivity contribution in [3.8, 4) is 5.69 Å². The zero-order valence-electron chi connectivity index (χ0n) is 32.6. The first-order chi connectivity index (χ1) is 25.8. The van der Waals surface area contributed by atoms with Crippen LogP contribution in [0.4, 0.5) is 33.4 Å². The van der Waals surface area contributed by atoms with E-state index < -0.39 is 71.4 Å². The second kappa shape index (κ2) is 16.8. The van der Waals surface area contributed by atoms with Gasteiger partial charge in [-0.25, -0.2) is 19.2 Å². The smallest absolute Gasteiger partial charge is 0.444 e. The van der Waals surface area contributed by atoms with Gasteiger partial charge in [0.1, 0.15) is 22.6 Å². The minimum atomic E-state index is -5.17. The van der Waals surface area contributed by atoms with Crippen molar-refractivity contribution in [1.29, 1.82) is 0 Å². The molecule has 2 fully saturated rings. The van der Waals surface area contributed by atoms with Crippen LogP contribution in [0.15, 0.2) is 41.3 Å². The van der Waals surface area contributed by atoms with Crippen molar-refractivity contribution in [1.82, 2.24) is 34.9 Å². The Morgan fingerprint density at radius 1 is 0.821 bits per heavy atom. The number of alkyl halides is 3. The summed E-state index contributed by atoms with van der Waals surface area (Å²) >= 11 is 0. The highest BCUT2D eigenvalue weighted by Gasteiger charge is 2.47. The molecule has 2 saturated heterocycles. The molecule has 2 aliphatic rings. The van der Waals surface area contributed by atoms with Crippen molar-refractivity contribution in [3.05, 3.63) is 52.6 Å². The van der Waals surface area contributed by atoms with Gasteiger partial charge in [0.25, 0.3) is 0 Å². The molecule has 2 aromatic rings. The summed E-state index contributed by atoms with van der Waals surface area (Å²) in [4.78, 5) is 83.5. The van der Waals surface area contributed by atoms with Crippen molar-refractivity contribution >= 4 is 35.8 Å². The number of benzene rings is 1. The van der Waals surface area contributed by atoms with Gasteiger partial charge in [0, 0.05) is 45.5 Å². The first-order valence-corrected chi connectivity index (χ1v) is 17.9. The van der Waals surface area contributed by atoms with Gasteiger partial charge in [-0.3, -0.25) is 19.5 Å². The lowest BCUT2D eigenvalue weighted by Gasteiger charge is -2.40. The summed E-state index contributed by atoms with van der Waals surface area (Å²) in [5, 5.41) is 7.60. The fraction of sp³-hybridized carbons (Fsp3) is 0.583. The number of aromatic nitrogens is 2. The average molecular weight is 795 g/mol. The molecule has 1 unspecified atom stereocenters. The van der Waals surface area contributed by atoms with Gasteiger partial charge in [-0.05, 0) is 79.2 Å². The molecule has 2 atom stereocenters. The molecule has 3 heterocycles. The van der Waals surface area contributed by atoms with E-state index in [0.717, 1.165) is 4.57 Å². The van der Waals surface area contributed by atoms with E-state index in [9.17, 15) is 41.9 Å². The number of halogens is 3. The predicted octanol–water partition coefficient (Wildman–Crippen LogP) is 3.57. The summed E-state index contributed by atoms with van der Waals surface area (Å²) in [6.07, 6.45) is -6.25. The number of carbonyl (C=O) groups excluding carboxylic acids is 5. The van der Waals surface area contributed by atoms with Gasteiger partial charge >= 0.3 is 36.0 Å². The number of alkyl carbamates (subject to hydrolysis) is 2. The lowest BCUT2D eigenvalue weighted by Crippen LogP contribution is -2.60. The first kappa shape index (κ1) is 43.3. The Morgan fingerprint density at radius 3 is 1.95 bits per heavy atom. The molecule has 56 heavy (non-hydrogen) atoms. The van der Waals surface area contributed by atoms with Crippen LogP contribution >= 0.6 is 0 Å². The third-order valence-electron chi connectivity index (χ3n) is 8.44. The molecule has 6 amide bonds. The molecular formula is C36H49F3N8O9. The van der Waals surface area contributed by atoms with Crippen LogP contribution in [0.3, 0.4) is 0 Å². The van der Waals surface area contributed by atoms with Gasteiger partial charge in [0.05, 0.1) is 24.4 Å². The molecule has 3 N–H and O–H groups in total. The van der Waals surface area contributed by atoms with E-state index >= 15 is 0 Å². The van der Waals surface area contributed by atoms with E-state index in [1.54, 1.807) is 55.4 Å². The Hall–Kier alpha value is -5.40. The largest absolute Gasteiger partial charge is 0.471 e. The third-order valence-corrected chi connectivity index (χ3v) is 8.44. The van der Waals surface area contributed by atoms with Crippen LogP contribution in [0.2, 0.25) is 0 Å². The zero-order valence-corrected chi connectivity index (χ0v) is 32.6. The van der Waals surface area contributed by atoms with Crippen molar-refractivity contribution in [2.75, 3.05) is 51.2 Å². The molecule has 1 aromatic carbocycles. The van der Waals surface area contributed by atoms with Crippen LogP contribution in [0.5, 0.6) is 0 Å². The molecule has 0 saturated carbocycles. The van der Waals surface area contributed by atoms with Crippen LogP contribution in [0.25, 0.3) is 5.69 Å². The van der Waals surface area contributed by atoms with E-state index in [0.29, 0.717) is 16.2 Å². The monoisotopic (exact) mass is 794 g/mol. The molecule has 0 radical (unpaired) electrons. The predicted molar refractivity (Wildman–Crippen MR) is 195 cm³/mol. The molecule has 4 rings (SSSR count). The standard InChI is InChI=1S/C36H49F3N8O9/c1-33(2,3)55-31(52)40-19-24-20-47(28(49)36(37,38)39)25(21-54-24)22-9-11-23(12-10-22)46-14-13-26(42-30(46)51)41-29(50)45-17-15-44(16-18-45)27(48)35(7,8)43-32(53)56-34(4,5)6/h9-14,24-25H,15-21H2,1-8H3,(H,40,52)(H,43,53)(H,41,42,50,51)/t24-,25?/m0/s1. The van der Waals surface area contributed by atoms with Crippen LogP contribution < -0.4 is 21.6 Å². The van der Waals surface area contributed by atoms with Crippen molar-refractivity contribution in [3.63, 3.8) is 0 Å². The average Bonchev–Trinajstić information content (AvgIpc) is 3.08. The van der Waals surface area contributed by atoms with Crippen molar-refractivity contribution < 1.29 is 51.4 Å². The molecular weight excluding hydrogens is 745 g/mol. The number of rotatable bonds is 7. The fourth-order valence-corrected chi connectivity index (χ4v) is 5.85. The maximum atomic E-state index is 13.6. The number of hydrogen-bond donors (Lipinski definition) is 3. The number of nitrogens with one attached hydrogen (secondary N) is 3. The van der Waals surface area contributed by atoms with Crippen LogP contribution in [-0.2, 0) is 23.8 Å². The number of piperazine rings is 1. The summed E-state index contributed by atoms with van der Waals surface area (Å²) in [5.74, 6) is -2.45. The van der Waals surface area contributed by atoms with Crippen molar-refractivity contribution in [2.45, 2.75) is 90.5 Å². The van der Waals surface area contributed by atoms with Gasteiger partial charge in [0.2, 0.25) is 5.91 Å². The Morgan fingerprint density at radius 2 is 1.39 bits per heavy atom. The SMILES string of the molecule is CC(C)(C)OC(=O)NC[C@H]1CN(C(=O)C(F)(F)F)C(c2ccc(-n3ccc(NC(=O)N4CCN(C(=O)C(C)(C)NC(=O)OC(C)(C)C)CC4)nc3=O)cc2)CO1. The number of hydrogen-bond acceptors (Lipinski definition) is 10. The first-order valence-electron chi connectivity index (χ1n) is 17.9. The minimum absolute atomic E-state index is 0.0366. The number of morpholine rings is 1. The maximum absolute atomic E-state index is 13.6. The Balaban J connectivity index is 1.35. The van der Waals surface area contributed by atoms with Crippen molar-refractivity contribution in [2.24, 2.45) is 0 Å². The van der Waals surface area contributed by atoms with Gasteiger partial charge in [-0.2, -0.15) is 18.2 Å². The highest BCUT2D eigenvalue weighted by atomic mass is 19.4. The quantitative estimate of drug-likeness (QED) is 0.373. The normalized spacial score (nSPS) is 18.2. The molecule has 0 bridgehead atoms. The van der Waals surface area contributed by atoms with Gasteiger partial charge in [-0.15, -0.1) is 0 Å². The van der Waals surface area contributed by atoms with Gasteiger partial charge in [0.15, 0.2) is 0 Å². The molecule has 0 spiro atoms. The lowest BCUT2D eigenvalue weighted by molar-refractivity contribution is -0.196. The second-order valence-electron chi connectivity index (χ2n) is 15.8. The summed E-state index contributed by atoms with van der Waals surface area (Å²) in [7, 11) is 0. The van der Waals surface area contributed by atoms with E-state index in [1.165, 1.54) is 46.3 Å². The Kier molecular flexibility index (Phi) is 13.0. The third kappa shape index (κ3) is 11.8. The molecule has 308 valence electrons. The van der Waals surface area contributed by atoms with E-state index in [4.69, 9.17) is 14.2 Å². The highest BCUT2D eigenvalue weighted by molar-refractivity contribution is 5.90. The Bertz CT molecular complexity index is 1830. The molecule has 17 nitrogen and oxygen atoms in total. The number of anilines is 1. The van der Waals surface area contributed by atoms with Crippen LogP contribution in [-0.4, -0.2) is 129 Å². The topological polar surface area (TPSA) is 194 Å². The van der Waals surface area contributed by atoms with Crippen LogP contribution in [0.1, 0.15) is 67.0 Å². The number of amides is 6. The summed E-state index contributed by atoms with van der Waals surface area (Å²) in [6.45, 7) is 13.0. The Labute approximate surface area is 321 Å². The lowest BCUT2D eigenvalue weighted by atomic mass is 10.0. The number of nitrogens with zero attached hydrogens (tertiary/aromatic N) is 5. The number of carbonyl (C=O) groups is 5. The summed E-state index contributed by atoms with van der Waals surface area (Å²) in [6, 6.07) is 5.57. The van der Waals surface area contributed by atoms with E-state index in [-0.39, 0.29) is 51.1 Å². The maximum Gasteiger partial charge on any atom is 0.471 e. The summed E-state index contributed by atoms with van der Waals surface area (Å²) < 4.78 is 58.2. The summed E-state index contributed by atoms with van der Waals surface area (Å²) in [5.41, 5.74) is -2.95. The molecule has 20 heteroatoms. The minimum Gasteiger partial charge on any atom is -0.444 e. The zero-order chi connectivity index (χ0) is 41.8. The van der Waals surface area contributed by atoms with Gasteiger partial charge < -0.3 is 39.5 Å². The second-order valence-corrected chi connectivity index (χ2v) is 15.8. The number of urea groups is 1. The molecule has 2 aliphatic heterocycles. The number of ether oxygens (including phenoxy) is 3. The van der Waals surface area contributed by atoms with E-state index in [1.807, 2.05) is 0 Å². The van der Waals surface area contributed by atoms with Crippen LogP contribution in [0, 0.1) is 0 Å². The van der Waals surface area contributed by atoms with E-state index in [2.05, 4.69) is 20.9 Å². The molecule has 1 aromatic heterocycles.